The van der Waals surface area contributed by atoms with E-state index in [2.05, 4.69) is 32.0 Å². The van der Waals surface area contributed by atoms with Crippen LogP contribution in [0, 0.1) is 19.3 Å². The predicted octanol–water partition coefficient (Wildman–Crippen LogP) is 3.88. The first kappa shape index (κ1) is 12.9. The quantitative estimate of drug-likeness (QED) is 0.742. The maximum absolute atomic E-state index is 6.20. The largest absolute Gasteiger partial charge is 0.381 e. The third-order valence-corrected chi connectivity index (χ3v) is 4.32. The SMILES string of the molecule is Cc1ccc(C)c(CC2(CCl)CCCOC2)c1. The van der Waals surface area contributed by atoms with Crippen molar-refractivity contribution >= 4 is 11.6 Å². The van der Waals surface area contributed by atoms with Gasteiger partial charge in [-0.3, -0.25) is 0 Å². The molecule has 1 aliphatic rings. The smallest absolute Gasteiger partial charge is 0.0537 e. The van der Waals surface area contributed by atoms with E-state index >= 15 is 0 Å². The molecule has 1 aromatic rings. The van der Waals surface area contributed by atoms with Crippen LogP contribution >= 0.6 is 11.6 Å². The van der Waals surface area contributed by atoms with Crippen molar-refractivity contribution in [2.75, 3.05) is 19.1 Å². The van der Waals surface area contributed by atoms with Gasteiger partial charge in [0.2, 0.25) is 0 Å². The summed E-state index contributed by atoms with van der Waals surface area (Å²) < 4.78 is 5.63. The number of rotatable bonds is 3. The number of aryl methyl sites for hydroxylation is 2. The van der Waals surface area contributed by atoms with Crippen molar-refractivity contribution in [3.8, 4) is 0 Å². The first-order valence-corrected chi connectivity index (χ1v) is 6.88. The van der Waals surface area contributed by atoms with Crippen LogP contribution in [0.2, 0.25) is 0 Å². The highest BCUT2D eigenvalue weighted by Crippen LogP contribution is 2.34. The molecule has 2 rings (SSSR count). The van der Waals surface area contributed by atoms with Crippen LogP contribution in [0.4, 0.5) is 0 Å². The summed E-state index contributed by atoms with van der Waals surface area (Å²) in [5.74, 6) is 0.695. The Kier molecular flexibility index (Phi) is 4.11. The molecule has 0 N–H and O–H groups in total. The minimum atomic E-state index is 0.151. The van der Waals surface area contributed by atoms with Crippen LogP contribution in [0.1, 0.15) is 29.5 Å². The zero-order valence-corrected chi connectivity index (χ0v) is 11.5. The number of halogens is 1. The van der Waals surface area contributed by atoms with Crippen molar-refractivity contribution < 1.29 is 4.74 Å². The maximum atomic E-state index is 6.20. The van der Waals surface area contributed by atoms with E-state index in [9.17, 15) is 0 Å². The van der Waals surface area contributed by atoms with E-state index in [1.165, 1.54) is 23.1 Å². The Balaban J connectivity index is 2.20. The average molecular weight is 253 g/mol. The van der Waals surface area contributed by atoms with E-state index in [4.69, 9.17) is 16.3 Å². The van der Waals surface area contributed by atoms with Crippen LogP contribution in [0.15, 0.2) is 18.2 Å². The van der Waals surface area contributed by atoms with Crippen LogP contribution in [0.25, 0.3) is 0 Å². The van der Waals surface area contributed by atoms with Gasteiger partial charge in [-0.05, 0) is 44.2 Å². The normalized spacial score (nSPS) is 24.9. The molecule has 2 heteroatoms. The maximum Gasteiger partial charge on any atom is 0.0537 e. The van der Waals surface area contributed by atoms with E-state index < -0.39 is 0 Å². The van der Waals surface area contributed by atoms with E-state index in [0.717, 1.165) is 26.1 Å². The summed E-state index contributed by atoms with van der Waals surface area (Å²) in [7, 11) is 0. The molecule has 0 aliphatic carbocycles. The van der Waals surface area contributed by atoms with Gasteiger partial charge in [0.05, 0.1) is 6.61 Å². The van der Waals surface area contributed by atoms with Crippen LogP contribution in [0.5, 0.6) is 0 Å². The average Bonchev–Trinajstić information content (AvgIpc) is 2.35. The van der Waals surface area contributed by atoms with Crippen molar-refractivity contribution in [1.29, 1.82) is 0 Å². The van der Waals surface area contributed by atoms with Gasteiger partial charge >= 0.3 is 0 Å². The molecule has 1 atom stereocenters. The van der Waals surface area contributed by atoms with Crippen molar-refractivity contribution in [2.24, 2.45) is 5.41 Å². The Labute approximate surface area is 109 Å². The van der Waals surface area contributed by atoms with Crippen molar-refractivity contribution in [3.63, 3.8) is 0 Å². The van der Waals surface area contributed by atoms with Crippen LogP contribution in [0.3, 0.4) is 0 Å². The second-order valence-electron chi connectivity index (χ2n) is 5.40. The molecule has 1 saturated heterocycles. The monoisotopic (exact) mass is 252 g/mol. The molecule has 1 unspecified atom stereocenters. The number of benzene rings is 1. The van der Waals surface area contributed by atoms with Gasteiger partial charge in [0.25, 0.3) is 0 Å². The molecule has 0 aromatic heterocycles. The Morgan fingerprint density at radius 1 is 1.35 bits per heavy atom. The Morgan fingerprint density at radius 2 is 2.18 bits per heavy atom. The lowest BCUT2D eigenvalue weighted by Crippen LogP contribution is -2.35. The van der Waals surface area contributed by atoms with E-state index in [1.807, 2.05) is 0 Å². The number of hydrogen-bond acceptors (Lipinski definition) is 1. The van der Waals surface area contributed by atoms with Gasteiger partial charge in [-0.1, -0.05) is 23.8 Å². The molecule has 1 fully saturated rings. The molecule has 94 valence electrons. The van der Waals surface area contributed by atoms with Gasteiger partial charge in [-0.2, -0.15) is 0 Å². The predicted molar refractivity (Wildman–Crippen MR) is 72.8 cm³/mol. The zero-order valence-electron chi connectivity index (χ0n) is 10.8. The highest BCUT2D eigenvalue weighted by Gasteiger charge is 2.32. The van der Waals surface area contributed by atoms with Gasteiger partial charge in [0.1, 0.15) is 0 Å². The summed E-state index contributed by atoms with van der Waals surface area (Å²) in [6.07, 6.45) is 3.37. The molecule has 0 radical (unpaired) electrons. The molecular formula is C15H21ClO. The van der Waals surface area contributed by atoms with Crippen molar-refractivity contribution in [3.05, 3.63) is 34.9 Å². The molecule has 1 heterocycles. The molecule has 0 bridgehead atoms. The first-order chi connectivity index (χ1) is 8.15. The van der Waals surface area contributed by atoms with Gasteiger partial charge in [0.15, 0.2) is 0 Å². The lowest BCUT2D eigenvalue weighted by Gasteiger charge is -2.36. The van der Waals surface area contributed by atoms with Gasteiger partial charge in [-0.25, -0.2) is 0 Å². The topological polar surface area (TPSA) is 9.23 Å². The fourth-order valence-corrected chi connectivity index (χ4v) is 2.90. The fraction of sp³-hybridized carbons (Fsp3) is 0.600. The molecule has 1 aromatic carbocycles. The fourth-order valence-electron chi connectivity index (χ4n) is 2.60. The summed E-state index contributed by atoms with van der Waals surface area (Å²) >= 11 is 6.20. The van der Waals surface area contributed by atoms with Crippen LogP contribution < -0.4 is 0 Å². The highest BCUT2D eigenvalue weighted by atomic mass is 35.5. The number of hydrogen-bond donors (Lipinski definition) is 0. The second kappa shape index (κ2) is 5.41. The summed E-state index contributed by atoms with van der Waals surface area (Å²) in [4.78, 5) is 0. The van der Waals surface area contributed by atoms with Gasteiger partial charge in [0, 0.05) is 17.9 Å². The minimum absolute atomic E-state index is 0.151. The van der Waals surface area contributed by atoms with E-state index in [-0.39, 0.29) is 5.41 Å². The lowest BCUT2D eigenvalue weighted by atomic mass is 9.78. The number of ether oxygens (including phenoxy) is 1. The first-order valence-electron chi connectivity index (χ1n) is 6.35. The summed E-state index contributed by atoms with van der Waals surface area (Å²) in [5, 5.41) is 0. The third-order valence-electron chi connectivity index (χ3n) is 3.76. The molecule has 0 saturated carbocycles. The molecule has 1 nitrogen and oxygen atoms in total. The molecular weight excluding hydrogens is 232 g/mol. The zero-order chi connectivity index (χ0) is 12.3. The summed E-state index contributed by atoms with van der Waals surface area (Å²) in [6.45, 7) is 6.03. The van der Waals surface area contributed by atoms with Gasteiger partial charge in [-0.15, -0.1) is 11.6 Å². The standard InChI is InChI=1S/C15H21ClO/c1-12-4-5-13(2)14(8-12)9-15(10-16)6-3-7-17-11-15/h4-5,8H,3,6-7,9-11H2,1-2H3. The number of alkyl halides is 1. The van der Waals surface area contributed by atoms with Gasteiger partial charge < -0.3 is 4.74 Å². The van der Waals surface area contributed by atoms with Crippen molar-refractivity contribution in [2.45, 2.75) is 33.1 Å². The lowest BCUT2D eigenvalue weighted by molar-refractivity contribution is 0.00470. The molecule has 1 aliphatic heterocycles. The molecule has 17 heavy (non-hydrogen) atoms. The van der Waals surface area contributed by atoms with Crippen molar-refractivity contribution in [1.82, 2.24) is 0 Å². The third kappa shape index (κ3) is 3.02. The summed E-state index contributed by atoms with van der Waals surface area (Å²) in [5.41, 5.74) is 4.27. The Morgan fingerprint density at radius 3 is 2.82 bits per heavy atom. The summed E-state index contributed by atoms with van der Waals surface area (Å²) in [6, 6.07) is 6.66. The molecule has 0 amide bonds. The molecule has 0 spiro atoms. The highest BCUT2D eigenvalue weighted by molar-refractivity contribution is 6.18. The van der Waals surface area contributed by atoms with Crippen LogP contribution in [-0.4, -0.2) is 19.1 Å². The van der Waals surface area contributed by atoms with Crippen LogP contribution in [-0.2, 0) is 11.2 Å². The minimum Gasteiger partial charge on any atom is -0.381 e. The second-order valence-corrected chi connectivity index (χ2v) is 5.66. The Hall–Kier alpha value is -0.530. The van der Waals surface area contributed by atoms with E-state index in [0.29, 0.717) is 5.88 Å². The van der Waals surface area contributed by atoms with E-state index in [1.54, 1.807) is 0 Å². The Bertz CT molecular complexity index is 381.